The molecule has 172 valence electrons. The highest BCUT2D eigenvalue weighted by Crippen LogP contribution is 2.50. The third-order valence-electron chi connectivity index (χ3n) is 6.00. The lowest BCUT2D eigenvalue weighted by Crippen LogP contribution is -2.41. The van der Waals surface area contributed by atoms with E-state index >= 15 is 0 Å². The zero-order chi connectivity index (χ0) is 22.6. The fourth-order valence-corrected chi connectivity index (χ4v) is 5.96. The van der Waals surface area contributed by atoms with Gasteiger partial charge >= 0.3 is 11.9 Å². The molecule has 30 heavy (non-hydrogen) atoms. The third-order valence-corrected chi connectivity index (χ3v) is 8.03. The first-order chi connectivity index (χ1) is 14.3. The van der Waals surface area contributed by atoms with Crippen LogP contribution >= 0.6 is 31.9 Å². The van der Waals surface area contributed by atoms with Crippen molar-refractivity contribution in [2.45, 2.75) is 108 Å². The Kier molecular flexibility index (Phi) is 13.2. The van der Waals surface area contributed by atoms with Gasteiger partial charge in [-0.2, -0.15) is 0 Å². The monoisotopic (exact) mass is 548 g/mol. The molecule has 0 amide bonds. The summed E-state index contributed by atoms with van der Waals surface area (Å²) in [4.78, 5) is 24.2. The van der Waals surface area contributed by atoms with Crippen molar-refractivity contribution in [1.82, 2.24) is 0 Å². The van der Waals surface area contributed by atoms with Crippen molar-refractivity contribution >= 4 is 43.8 Å². The number of alkyl halides is 1. The van der Waals surface area contributed by atoms with E-state index in [1.54, 1.807) is 6.08 Å². The van der Waals surface area contributed by atoms with Gasteiger partial charge in [-0.25, -0.2) is 4.79 Å². The van der Waals surface area contributed by atoms with E-state index in [9.17, 15) is 19.8 Å². The molecule has 0 bridgehead atoms. The highest BCUT2D eigenvalue weighted by molar-refractivity contribution is 9.12. The molecule has 2 atom stereocenters. The summed E-state index contributed by atoms with van der Waals surface area (Å²) in [6.45, 7) is 4.37. The molecule has 6 heteroatoms. The minimum atomic E-state index is -0.991. The number of carboxylic acid groups (broad SMARTS) is 2. The zero-order valence-electron chi connectivity index (χ0n) is 18.5. The number of carboxylic acids is 2. The van der Waals surface area contributed by atoms with Crippen LogP contribution in [0.4, 0.5) is 0 Å². The second kappa shape index (κ2) is 14.4. The maximum atomic E-state index is 12.1. The van der Waals surface area contributed by atoms with E-state index in [2.05, 4.69) is 45.7 Å². The molecule has 0 aromatic carbocycles. The van der Waals surface area contributed by atoms with Gasteiger partial charge in [-0.15, -0.1) is 0 Å². The summed E-state index contributed by atoms with van der Waals surface area (Å²) in [7, 11) is 0. The van der Waals surface area contributed by atoms with Crippen LogP contribution < -0.4 is 0 Å². The van der Waals surface area contributed by atoms with E-state index in [4.69, 9.17) is 0 Å². The van der Waals surface area contributed by atoms with E-state index in [0.717, 1.165) is 44.1 Å². The van der Waals surface area contributed by atoms with Gasteiger partial charge in [0.05, 0.1) is 15.8 Å². The fourth-order valence-electron chi connectivity index (χ4n) is 4.28. The first-order valence-electron chi connectivity index (χ1n) is 11.6. The van der Waals surface area contributed by atoms with Gasteiger partial charge in [-0.1, -0.05) is 122 Å². The second-order valence-corrected chi connectivity index (χ2v) is 10.7. The molecule has 0 saturated carbocycles. The lowest BCUT2D eigenvalue weighted by molar-refractivity contribution is -0.141. The topological polar surface area (TPSA) is 74.6 Å². The molecule has 0 radical (unpaired) electrons. The number of unbranched alkanes of at least 4 members (excludes halogenated alkanes) is 10. The Balaban J connectivity index is 3.01. The van der Waals surface area contributed by atoms with E-state index in [-0.39, 0.29) is 5.57 Å². The number of halogens is 2. The summed E-state index contributed by atoms with van der Waals surface area (Å²) in [6, 6.07) is 0. The van der Waals surface area contributed by atoms with Crippen molar-refractivity contribution in [3.8, 4) is 0 Å². The quantitative estimate of drug-likeness (QED) is 0.151. The minimum absolute atomic E-state index is 0.240. The number of hydrogen-bond donors (Lipinski definition) is 2. The molecule has 1 rings (SSSR count). The molecule has 0 aromatic rings. The molecule has 0 heterocycles. The lowest BCUT2D eigenvalue weighted by atomic mass is 9.74. The van der Waals surface area contributed by atoms with E-state index < -0.39 is 22.2 Å². The van der Waals surface area contributed by atoms with Crippen LogP contribution in [0.15, 0.2) is 21.7 Å². The summed E-state index contributed by atoms with van der Waals surface area (Å²) in [5.41, 5.74) is 0.977. The van der Waals surface area contributed by atoms with Gasteiger partial charge in [-0.05, 0) is 24.8 Å². The Hall–Kier alpha value is -0.620. The number of rotatable bonds is 16. The van der Waals surface area contributed by atoms with Crippen molar-refractivity contribution in [2.24, 2.45) is 5.92 Å². The van der Waals surface area contributed by atoms with E-state index in [1.165, 1.54) is 38.5 Å². The highest BCUT2D eigenvalue weighted by atomic mass is 79.9. The second-order valence-electron chi connectivity index (χ2n) is 8.39. The van der Waals surface area contributed by atoms with Crippen LogP contribution in [0.25, 0.3) is 0 Å². The van der Waals surface area contributed by atoms with Gasteiger partial charge in [0, 0.05) is 4.48 Å². The van der Waals surface area contributed by atoms with Crippen LogP contribution in [0, 0.1) is 5.92 Å². The fraction of sp³-hybridized carbons (Fsp3) is 0.750. The molecule has 0 fully saturated rings. The first kappa shape index (κ1) is 27.4. The molecule has 1 aliphatic carbocycles. The summed E-state index contributed by atoms with van der Waals surface area (Å²) >= 11 is 7.12. The van der Waals surface area contributed by atoms with Crippen molar-refractivity contribution < 1.29 is 19.8 Å². The third kappa shape index (κ3) is 8.14. The lowest BCUT2D eigenvalue weighted by Gasteiger charge is -2.39. The molecule has 4 nitrogen and oxygen atoms in total. The zero-order valence-corrected chi connectivity index (χ0v) is 21.7. The molecule has 0 aromatic heterocycles. The van der Waals surface area contributed by atoms with Gasteiger partial charge in [0.25, 0.3) is 0 Å². The van der Waals surface area contributed by atoms with Crippen LogP contribution in [0.5, 0.6) is 0 Å². The number of carbonyl (C=O) groups is 2. The van der Waals surface area contributed by atoms with Crippen molar-refractivity contribution in [3.05, 3.63) is 21.7 Å². The normalized spacial score (nSPS) is 21.6. The molecule has 2 N–H and O–H groups in total. The average Bonchev–Trinajstić information content (AvgIpc) is 2.69. The summed E-state index contributed by atoms with van der Waals surface area (Å²) in [5.74, 6) is -2.69. The smallest absolute Gasteiger partial charge is 0.336 e. The predicted molar refractivity (Wildman–Crippen MR) is 130 cm³/mol. The van der Waals surface area contributed by atoms with Gasteiger partial charge in [0.15, 0.2) is 0 Å². The Bertz CT molecular complexity index is 627. The average molecular weight is 550 g/mol. The number of hydrogen-bond acceptors (Lipinski definition) is 2. The summed E-state index contributed by atoms with van der Waals surface area (Å²) in [5, 5.41) is 19.8. The van der Waals surface area contributed by atoms with Crippen LogP contribution in [0.1, 0.15) is 104 Å². The Morgan fingerprint density at radius 2 is 1.40 bits per heavy atom. The molecular weight excluding hydrogens is 512 g/mol. The van der Waals surface area contributed by atoms with E-state index in [1.807, 2.05) is 0 Å². The Morgan fingerprint density at radius 1 is 0.900 bits per heavy atom. The molecule has 0 aliphatic heterocycles. The number of aliphatic carboxylic acids is 2. The molecular formula is C24H38Br2O4. The summed E-state index contributed by atoms with van der Waals surface area (Å²) < 4.78 is -0.445. The standard InChI is InChI=1S/C24H38Br2O4/c1-3-5-7-9-11-13-15-18-21(23(29)30)20(25)17-19(22(27)28)24(18,26)16-14-12-10-8-6-4-2/h17,19H,3-16H2,1-2H3,(H,27,28)(H,29,30). The van der Waals surface area contributed by atoms with Gasteiger partial charge < -0.3 is 10.2 Å². The van der Waals surface area contributed by atoms with Crippen molar-refractivity contribution in [2.75, 3.05) is 0 Å². The Labute approximate surface area is 198 Å². The SMILES string of the molecule is CCCCCCCCC1=C(C(=O)O)C(Br)=CC(C(=O)O)C1(Br)CCCCCCCC. The highest BCUT2D eigenvalue weighted by Gasteiger charge is 2.47. The van der Waals surface area contributed by atoms with Gasteiger partial charge in [0.1, 0.15) is 0 Å². The molecule has 0 saturated heterocycles. The Morgan fingerprint density at radius 3 is 1.90 bits per heavy atom. The van der Waals surface area contributed by atoms with Gasteiger partial charge in [-0.3, -0.25) is 4.79 Å². The van der Waals surface area contributed by atoms with Crippen LogP contribution in [0.2, 0.25) is 0 Å². The van der Waals surface area contributed by atoms with Crippen LogP contribution in [-0.2, 0) is 9.59 Å². The van der Waals surface area contributed by atoms with Crippen LogP contribution in [0.3, 0.4) is 0 Å². The maximum Gasteiger partial charge on any atom is 0.336 e. The maximum absolute atomic E-state index is 12.1. The minimum Gasteiger partial charge on any atom is -0.481 e. The predicted octanol–water partition coefficient (Wildman–Crippen LogP) is 8.00. The summed E-state index contributed by atoms with van der Waals surface area (Å²) in [6.07, 6.45) is 16.1. The largest absolute Gasteiger partial charge is 0.481 e. The van der Waals surface area contributed by atoms with Crippen molar-refractivity contribution in [1.29, 1.82) is 0 Å². The first-order valence-corrected chi connectivity index (χ1v) is 13.1. The molecule has 1 aliphatic rings. The van der Waals surface area contributed by atoms with Crippen molar-refractivity contribution in [3.63, 3.8) is 0 Å². The van der Waals surface area contributed by atoms with Crippen LogP contribution in [-0.4, -0.2) is 26.5 Å². The molecule has 2 unspecified atom stereocenters. The number of allylic oxidation sites excluding steroid dienone is 1. The van der Waals surface area contributed by atoms with Gasteiger partial charge in [0.2, 0.25) is 0 Å². The molecule has 0 spiro atoms. The van der Waals surface area contributed by atoms with E-state index in [0.29, 0.717) is 17.3 Å².